The number of benzene rings is 2. The minimum Gasteiger partial charge on any atom is -0.475 e. The van der Waals surface area contributed by atoms with E-state index in [1.807, 2.05) is 30.3 Å². The van der Waals surface area contributed by atoms with Crippen molar-refractivity contribution in [3.8, 4) is 5.75 Å². The number of ether oxygens (including phenoxy) is 2. The summed E-state index contributed by atoms with van der Waals surface area (Å²) in [5, 5.41) is 0. The second-order valence-corrected chi connectivity index (χ2v) is 4.85. The first-order valence-electron chi connectivity index (χ1n) is 7.05. The summed E-state index contributed by atoms with van der Waals surface area (Å²) in [5.74, 6) is -0.516. The molecule has 6 heteroatoms. The minimum absolute atomic E-state index is 0.135. The SMILES string of the molecule is COC(=O)[C@@H](C=Cc1ccccc1)Oc1ccc(C(F)(F)F)cc1. The Morgan fingerprint density at radius 2 is 1.67 bits per heavy atom. The number of carbonyl (C=O) groups excluding carboxylic acids is 1. The smallest absolute Gasteiger partial charge is 0.416 e. The van der Waals surface area contributed by atoms with E-state index in [-0.39, 0.29) is 5.75 Å². The summed E-state index contributed by atoms with van der Waals surface area (Å²) in [5.41, 5.74) is 0.0618. The third kappa shape index (κ3) is 4.87. The van der Waals surface area contributed by atoms with Crippen LogP contribution in [0, 0.1) is 0 Å². The van der Waals surface area contributed by atoms with Crippen LogP contribution in [-0.2, 0) is 15.7 Å². The van der Waals surface area contributed by atoms with E-state index in [1.54, 1.807) is 6.08 Å². The lowest BCUT2D eigenvalue weighted by Crippen LogP contribution is -2.26. The number of hydrogen-bond acceptors (Lipinski definition) is 3. The first-order chi connectivity index (χ1) is 11.4. The quantitative estimate of drug-likeness (QED) is 0.762. The molecule has 0 unspecified atom stereocenters. The van der Waals surface area contributed by atoms with Crippen molar-refractivity contribution >= 4 is 12.0 Å². The second-order valence-electron chi connectivity index (χ2n) is 4.85. The van der Waals surface area contributed by atoms with E-state index in [0.717, 1.165) is 29.8 Å². The van der Waals surface area contributed by atoms with Gasteiger partial charge in [0.15, 0.2) is 0 Å². The van der Waals surface area contributed by atoms with Crippen LogP contribution in [0.25, 0.3) is 6.08 Å². The van der Waals surface area contributed by atoms with Gasteiger partial charge in [0.05, 0.1) is 12.7 Å². The molecule has 0 N–H and O–H groups in total. The molecule has 24 heavy (non-hydrogen) atoms. The fourth-order valence-corrected chi connectivity index (χ4v) is 1.91. The van der Waals surface area contributed by atoms with Crippen LogP contribution in [0.3, 0.4) is 0 Å². The highest BCUT2D eigenvalue weighted by molar-refractivity contribution is 5.78. The number of alkyl halides is 3. The normalized spacial score (nSPS) is 12.8. The van der Waals surface area contributed by atoms with Crippen molar-refractivity contribution in [3.63, 3.8) is 0 Å². The van der Waals surface area contributed by atoms with Gasteiger partial charge in [0.25, 0.3) is 0 Å². The molecule has 0 aliphatic carbocycles. The molecule has 2 rings (SSSR count). The highest BCUT2D eigenvalue weighted by atomic mass is 19.4. The molecule has 0 saturated carbocycles. The molecule has 0 aliphatic rings. The lowest BCUT2D eigenvalue weighted by atomic mass is 10.2. The number of methoxy groups -OCH3 is 1. The van der Waals surface area contributed by atoms with Gasteiger partial charge in [-0.1, -0.05) is 36.4 Å². The lowest BCUT2D eigenvalue weighted by molar-refractivity contribution is -0.146. The van der Waals surface area contributed by atoms with Gasteiger partial charge in [-0.15, -0.1) is 0 Å². The third-order valence-corrected chi connectivity index (χ3v) is 3.14. The highest BCUT2D eigenvalue weighted by Gasteiger charge is 2.30. The second kappa shape index (κ2) is 7.68. The van der Waals surface area contributed by atoms with Gasteiger partial charge < -0.3 is 9.47 Å². The van der Waals surface area contributed by atoms with Crippen LogP contribution in [0.5, 0.6) is 5.75 Å². The first-order valence-corrected chi connectivity index (χ1v) is 7.05. The zero-order valence-corrected chi connectivity index (χ0v) is 12.8. The highest BCUT2D eigenvalue weighted by Crippen LogP contribution is 2.30. The van der Waals surface area contributed by atoms with Gasteiger partial charge >= 0.3 is 12.1 Å². The van der Waals surface area contributed by atoms with Crippen molar-refractivity contribution in [2.45, 2.75) is 12.3 Å². The molecule has 0 radical (unpaired) electrons. The van der Waals surface area contributed by atoms with Gasteiger partial charge in [0.1, 0.15) is 5.75 Å². The van der Waals surface area contributed by atoms with E-state index in [4.69, 9.17) is 4.74 Å². The van der Waals surface area contributed by atoms with Crippen LogP contribution in [0.1, 0.15) is 11.1 Å². The molecule has 3 nitrogen and oxygen atoms in total. The van der Waals surface area contributed by atoms with Crippen LogP contribution in [-0.4, -0.2) is 19.2 Å². The molecule has 0 bridgehead atoms. The molecular formula is C18H15F3O3. The van der Waals surface area contributed by atoms with Gasteiger partial charge in [-0.3, -0.25) is 0 Å². The number of carbonyl (C=O) groups is 1. The Kier molecular flexibility index (Phi) is 5.63. The molecule has 0 heterocycles. The molecule has 0 saturated heterocycles. The van der Waals surface area contributed by atoms with Crippen molar-refractivity contribution in [2.24, 2.45) is 0 Å². The van der Waals surface area contributed by atoms with Crippen molar-refractivity contribution < 1.29 is 27.4 Å². The summed E-state index contributed by atoms with van der Waals surface area (Å²) in [6, 6.07) is 13.3. The molecule has 2 aromatic rings. The molecule has 0 fully saturated rings. The van der Waals surface area contributed by atoms with E-state index in [9.17, 15) is 18.0 Å². The molecule has 1 atom stereocenters. The van der Waals surface area contributed by atoms with Crippen molar-refractivity contribution in [2.75, 3.05) is 7.11 Å². The standard InChI is InChI=1S/C18H15F3O3/c1-23-17(22)16(12-7-13-5-3-2-4-6-13)24-15-10-8-14(9-11-15)18(19,20)21/h2-12,16H,1H3/t16-/m1/s1. The van der Waals surface area contributed by atoms with E-state index in [1.165, 1.54) is 13.2 Å². The Morgan fingerprint density at radius 1 is 1.04 bits per heavy atom. The lowest BCUT2D eigenvalue weighted by Gasteiger charge is -2.14. The van der Waals surface area contributed by atoms with Gasteiger partial charge in [-0.2, -0.15) is 13.2 Å². The Morgan fingerprint density at radius 3 is 2.21 bits per heavy atom. The molecule has 0 amide bonds. The maximum absolute atomic E-state index is 12.5. The van der Waals surface area contributed by atoms with Crippen LogP contribution >= 0.6 is 0 Å². The maximum atomic E-state index is 12.5. The fraction of sp³-hybridized carbons (Fsp3) is 0.167. The van der Waals surface area contributed by atoms with Crippen molar-refractivity contribution in [1.29, 1.82) is 0 Å². The van der Waals surface area contributed by atoms with Crippen molar-refractivity contribution in [3.05, 3.63) is 71.8 Å². The van der Waals surface area contributed by atoms with Crippen LogP contribution < -0.4 is 4.74 Å². The Balaban J connectivity index is 2.14. The Bertz CT molecular complexity index is 692. The molecule has 0 aliphatic heterocycles. The van der Waals surface area contributed by atoms with Gasteiger partial charge in [-0.25, -0.2) is 4.79 Å². The summed E-state index contributed by atoms with van der Waals surface area (Å²) in [6.07, 6.45) is -2.33. The third-order valence-electron chi connectivity index (χ3n) is 3.14. The van der Waals surface area contributed by atoms with E-state index in [2.05, 4.69) is 4.74 Å². The van der Waals surface area contributed by atoms with E-state index < -0.39 is 23.8 Å². The average molecular weight is 336 g/mol. The zero-order chi connectivity index (χ0) is 17.6. The van der Waals surface area contributed by atoms with E-state index >= 15 is 0 Å². The van der Waals surface area contributed by atoms with Gasteiger partial charge in [-0.05, 0) is 35.9 Å². The van der Waals surface area contributed by atoms with Crippen molar-refractivity contribution in [1.82, 2.24) is 0 Å². The molecule has 2 aromatic carbocycles. The maximum Gasteiger partial charge on any atom is 0.416 e. The van der Waals surface area contributed by atoms with E-state index in [0.29, 0.717) is 0 Å². The number of esters is 1. The molecule has 126 valence electrons. The summed E-state index contributed by atoms with van der Waals surface area (Å²) in [7, 11) is 1.21. The Labute approximate surface area is 137 Å². The molecular weight excluding hydrogens is 321 g/mol. The zero-order valence-electron chi connectivity index (χ0n) is 12.8. The first kappa shape index (κ1) is 17.6. The summed E-state index contributed by atoms with van der Waals surface area (Å²) >= 11 is 0. The van der Waals surface area contributed by atoms with Gasteiger partial charge in [0.2, 0.25) is 6.10 Å². The molecule has 0 aromatic heterocycles. The molecule has 0 spiro atoms. The number of halogens is 3. The Hall–Kier alpha value is -2.76. The summed E-state index contributed by atoms with van der Waals surface area (Å²) < 4.78 is 47.7. The largest absolute Gasteiger partial charge is 0.475 e. The summed E-state index contributed by atoms with van der Waals surface area (Å²) in [6.45, 7) is 0. The monoisotopic (exact) mass is 336 g/mol. The summed E-state index contributed by atoms with van der Waals surface area (Å²) in [4.78, 5) is 11.8. The van der Waals surface area contributed by atoms with Gasteiger partial charge in [0, 0.05) is 0 Å². The van der Waals surface area contributed by atoms with Crippen LogP contribution in [0.15, 0.2) is 60.7 Å². The topological polar surface area (TPSA) is 35.5 Å². The predicted octanol–water partition coefficient (Wildman–Crippen LogP) is 4.34. The fourth-order valence-electron chi connectivity index (χ4n) is 1.91. The number of rotatable bonds is 5. The minimum atomic E-state index is -4.42. The van der Waals surface area contributed by atoms with Crippen LogP contribution in [0.2, 0.25) is 0 Å². The van der Waals surface area contributed by atoms with Crippen LogP contribution in [0.4, 0.5) is 13.2 Å². The predicted molar refractivity (Wildman–Crippen MR) is 83.4 cm³/mol. The average Bonchev–Trinajstić information content (AvgIpc) is 2.58. The number of hydrogen-bond donors (Lipinski definition) is 0.